The van der Waals surface area contributed by atoms with Gasteiger partial charge in [-0.2, -0.15) is 5.10 Å². The zero-order valence-corrected chi connectivity index (χ0v) is 15.4. The largest absolute Gasteiger partial charge is 0.321 e. The summed E-state index contributed by atoms with van der Waals surface area (Å²) < 4.78 is 1.76. The van der Waals surface area contributed by atoms with Crippen LogP contribution in [0, 0.1) is 0 Å². The summed E-state index contributed by atoms with van der Waals surface area (Å²) in [6, 6.07) is 11.5. The molecule has 6 nitrogen and oxygen atoms in total. The van der Waals surface area contributed by atoms with E-state index in [0.29, 0.717) is 18.0 Å². The summed E-state index contributed by atoms with van der Waals surface area (Å²) in [5, 5.41) is 7.41. The summed E-state index contributed by atoms with van der Waals surface area (Å²) in [6.07, 6.45) is 6.62. The molecular formula is C20H24N6. The molecule has 0 radical (unpaired) electrons. The SMILES string of the molecule is C[C@@H]1Cc2cnc(Nc3cnn(C)c3)nc2CN1[C@H](C)c1ccccc1. The van der Waals surface area contributed by atoms with Gasteiger partial charge in [0, 0.05) is 38.1 Å². The van der Waals surface area contributed by atoms with Crippen LogP contribution in [0.1, 0.15) is 36.7 Å². The van der Waals surface area contributed by atoms with E-state index >= 15 is 0 Å². The van der Waals surface area contributed by atoms with Crippen molar-refractivity contribution in [3.63, 3.8) is 0 Å². The third kappa shape index (κ3) is 3.32. The van der Waals surface area contributed by atoms with Gasteiger partial charge in [-0.05, 0) is 31.4 Å². The molecular weight excluding hydrogens is 324 g/mol. The summed E-state index contributed by atoms with van der Waals surface area (Å²) in [5.41, 5.74) is 4.58. The van der Waals surface area contributed by atoms with E-state index in [0.717, 1.165) is 24.3 Å². The van der Waals surface area contributed by atoms with Crippen molar-refractivity contribution in [1.82, 2.24) is 24.6 Å². The lowest BCUT2D eigenvalue weighted by atomic mass is 9.96. The van der Waals surface area contributed by atoms with Crippen LogP contribution in [0.3, 0.4) is 0 Å². The molecule has 0 aliphatic carbocycles. The van der Waals surface area contributed by atoms with E-state index < -0.39 is 0 Å². The minimum atomic E-state index is 0.351. The number of nitrogens with zero attached hydrogens (tertiary/aromatic N) is 5. The molecule has 0 saturated carbocycles. The number of benzene rings is 1. The Balaban J connectivity index is 1.56. The third-order valence-electron chi connectivity index (χ3n) is 5.11. The van der Waals surface area contributed by atoms with Gasteiger partial charge in [0.1, 0.15) is 0 Å². The lowest BCUT2D eigenvalue weighted by molar-refractivity contribution is 0.129. The van der Waals surface area contributed by atoms with Crippen LogP contribution in [0.4, 0.5) is 11.6 Å². The standard InChI is InChI=1S/C20H24N6/c1-14-9-17-10-21-20(23-18-11-22-25(3)12-18)24-19(17)13-26(14)15(2)16-7-5-4-6-8-16/h4-8,10-12,14-15H,9,13H2,1-3H3,(H,21,23,24)/t14-,15-/m1/s1. The van der Waals surface area contributed by atoms with Crippen molar-refractivity contribution >= 4 is 11.6 Å². The van der Waals surface area contributed by atoms with Gasteiger partial charge in [-0.1, -0.05) is 30.3 Å². The van der Waals surface area contributed by atoms with Crippen LogP contribution in [0.5, 0.6) is 0 Å². The second kappa shape index (κ2) is 6.88. The lowest BCUT2D eigenvalue weighted by Crippen LogP contribution is -2.40. The fraction of sp³-hybridized carbons (Fsp3) is 0.350. The summed E-state index contributed by atoms with van der Waals surface area (Å²) in [5.74, 6) is 0.624. The molecule has 0 fully saturated rings. The van der Waals surface area contributed by atoms with Gasteiger partial charge >= 0.3 is 0 Å². The quantitative estimate of drug-likeness (QED) is 0.782. The van der Waals surface area contributed by atoms with Crippen LogP contribution in [0.15, 0.2) is 48.9 Å². The molecule has 2 atom stereocenters. The van der Waals surface area contributed by atoms with Gasteiger partial charge in [0.2, 0.25) is 5.95 Å². The van der Waals surface area contributed by atoms with E-state index in [1.54, 1.807) is 10.9 Å². The molecule has 3 aromatic rings. The van der Waals surface area contributed by atoms with Crippen molar-refractivity contribution in [2.24, 2.45) is 7.05 Å². The summed E-state index contributed by atoms with van der Waals surface area (Å²) in [4.78, 5) is 11.8. The highest BCUT2D eigenvalue weighted by Gasteiger charge is 2.28. The zero-order valence-electron chi connectivity index (χ0n) is 15.4. The van der Waals surface area contributed by atoms with Gasteiger partial charge in [0.05, 0.1) is 17.6 Å². The van der Waals surface area contributed by atoms with Crippen molar-refractivity contribution < 1.29 is 0 Å². The van der Waals surface area contributed by atoms with Crippen LogP contribution >= 0.6 is 0 Å². The molecule has 2 aromatic heterocycles. The van der Waals surface area contributed by atoms with Gasteiger partial charge in [-0.3, -0.25) is 9.58 Å². The van der Waals surface area contributed by atoms with Gasteiger partial charge < -0.3 is 5.32 Å². The van der Waals surface area contributed by atoms with Gasteiger partial charge in [-0.25, -0.2) is 9.97 Å². The Hall–Kier alpha value is -2.73. The first-order valence-corrected chi connectivity index (χ1v) is 9.01. The Bertz CT molecular complexity index is 888. The van der Waals surface area contributed by atoms with Gasteiger partial charge in [-0.15, -0.1) is 0 Å². The highest BCUT2D eigenvalue weighted by molar-refractivity contribution is 5.50. The van der Waals surface area contributed by atoms with Gasteiger partial charge in [0.25, 0.3) is 0 Å². The molecule has 1 aliphatic rings. The summed E-state index contributed by atoms with van der Waals surface area (Å²) in [7, 11) is 1.89. The lowest BCUT2D eigenvalue weighted by Gasteiger charge is -2.38. The number of rotatable bonds is 4. The molecule has 0 saturated heterocycles. The Labute approximate surface area is 153 Å². The maximum Gasteiger partial charge on any atom is 0.227 e. The zero-order chi connectivity index (χ0) is 18.1. The maximum atomic E-state index is 4.78. The number of nitrogens with one attached hydrogen (secondary N) is 1. The highest BCUT2D eigenvalue weighted by atomic mass is 15.3. The van der Waals surface area contributed by atoms with Crippen LogP contribution in [-0.2, 0) is 20.0 Å². The average Bonchev–Trinajstić information content (AvgIpc) is 3.06. The van der Waals surface area contributed by atoms with Crippen molar-refractivity contribution in [3.05, 3.63) is 65.7 Å². The Morgan fingerprint density at radius 1 is 1.19 bits per heavy atom. The van der Waals surface area contributed by atoms with Crippen LogP contribution < -0.4 is 5.32 Å². The monoisotopic (exact) mass is 348 g/mol. The molecule has 0 unspecified atom stereocenters. The number of hydrogen-bond donors (Lipinski definition) is 1. The first kappa shape index (κ1) is 16.7. The number of fused-ring (bicyclic) bond motifs is 1. The normalized spacial score (nSPS) is 18.3. The molecule has 1 aromatic carbocycles. The molecule has 6 heteroatoms. The predicted octanol–water partition coefficient (Wildman–Crippen LogP) is 3.46. The first-order chi connectivity index (χ1) is 12.6. The number of aromatic nitrogens is 4. The fourth-order valence-corrected chi connectivity index (χ4v) is 3.63. The number of hydrogen-bond acceptors (Lipinski definition) is 5. The van der Waals surface area contributed by atoms with Crippen molar-refractivity contribution in [3.8, 4) is 0 Å². The van der Waals surface area contributed by atoms with Crippen LogP contribution in [-0.4, -0.2) is 30.7 Å². The molecule has 0 amide bonds. The van der Waals surface area contributed by atoms with Crippen molar-refractivity contribution in [2.45, 2.75) is 38.9 Å². The Morgan fingerprint density at radius 3 is 2.73 bits per heavy atom. The molecule has 4 rings (SSSR count). The van der Waals surface area contributed by atoms with Crippen LogP contribution in [0.2, 0.25) is 0 Å². The minimum Gasteiger partial charge on any atom is -0.321 e. The van der Waals surface area contributed by atoms with Crippen LogP contribution in [0.25, 0.3) is 0 Å². The van der Waals surface area contributed by atoms with Gasteiger partial charge in [0.15, 0.2) is 0 Å². The van der Waals surface area contributed by atoms with Crippen molar-refractivity contribution in [1.29, 1.82) is 0 Å². The highest BCUT2D eigenvalue weighted by Crippen LogP contribution is 2.30. The summed E-state index contributed by atoms with van der Waals surface area (Å²) in [6.45, 7) is 5.38. The molecule has 1 N–H and O–H groups in total. The molecule has 1 aliphatic heterocycles. The molecule has 0 bridgehead atoms. The smallest absolute Gasteiger partial charge is 0.227 e. The van der Waals surface area contributed by atoms with E-state index in [2.05, 4.69) is 64.5 Å². The average molecular weight is 348 g/mol. The predicted molar refractivity (Wildman–Crippen MR) is 102 cm³/mol. The number of anilines is 2. The van der Waals surface area contributed by atoms with E-state index in [1.807, 2.05) is 19.4 Å². The second-order valence-electron chi connectivity index (χ2n) is 7.01. The van der Waals surface area contributed by atoms with E-state index in [9.17, 15) is 0 Å². The maximum absolute atomic E-state index is 4.78. The Kier molecular flexibility index (Phi) is 4.42. The summed E-state index contributed by atoms with van der Waals surface area (Å²) >= 11 is 0. The minimum absolute atomic E-state index is 0.351. The van der Waals surface area contributed by atoms with Crippen molar-refractivity contribution in [2.75, 3.05) is 5.32 Å². The molecule has 3 heterocycles. The first-order valence-electron chi connectivity index (χ1n) is 9.01. The Morgan fingerprint density at radius 2 is 2.00 bits per heavy atom. The van der Waals surface area contributed by atoms with E-state index in [4.69, 9.17) is 4.98 Å². The third-order valence-corrected chi connectivity index (χ3v) is 5.11. The molecule has 26 heavy (non-hydrogen) atoms. The second-order valence-corrected chi connectivity index (χ2v) is 7.01. The molecule has 0 spiro atoms. The van der Waals surface area contributed by atoms with E-state index in [-0.39, 0.29) is 0 Å². The van der Waals surface area contributed by atoms with E-state index in [1.165, 1.54) is 11.1 Å². The number of aryl methyl sites for hydroxylation is 1. The molecule has 134 valence electrons. The fourth-order valence-electron chi connectivity index (χ4n) is 3.63. The topological polar surface area (TPSA) is 58.9 Å².